The molecule has 1 N–H and O–H groups in total. The van der Waals surface area contributed by atoms with E-state index in [-0.39, 0.29) is 11.5 Å². The third-order valence-corrected chi connectivity index (χ3v) is 3.48. The number of aromatic nitrogens is 2. The minimum absolute atomic E-state index is 0.00128. The van der Waals surface area contributed by atoms with Crippen LogP contribution in [0, 0.1) is 5.41 Å². The SMILES string of the molecule is CCOC(c1nc(CC)c2c(n1)CNC2)C(C)(C)C. The Labute approximate surface area is 116 Å². The molecule has 0 aromatic carbocycles. The summed E-state index contributed by atoms with van der Waals surface area (Å²) in [5, 5.41) is 3.36. The molecule has 4 heteroatoms. The summed E-state index contributed by atoms with van der Waals surface area (Å²) in [4.78, 5) is 9.52. The van der Waals surface area contributed by atoms with Crippen molar-refractivity contribution in [3.05, 3.63) is 22.8 Å². The zero-order valence-corrected chi connectivity index (χ0v) is 12.7. The average Bonchev–Trinajstić information content (AvgIpc) is 2.81. The summed E-state index contributed by atoms with van der Waals surface area (Å²) < 4.78 is 5.91. The van der Waals surface area contributed by atoms with Crippen LogP contribution < -0.4 is 5.32 Å². The molecule has 4 nitrogen and oxygen atoms in total. The Bertz CT molecular complexity index is 451. The zero-order chi connectivity index (χ0) is 14.0. The van der Waals surface area contributed by atoms with E-state index in [1.165, 1.54) is 11.3 Å². The standard InChI is InChI=1S/C15H25N3O/c1-6-11-10-8-16-9-12(10)18-14(17-11)13(19-7-2)15(3,4)5/h13,16H,6-9H2,1-5H3. The monoisotopic (exact) mass is 263 g/mol. The number of ether oxygens (including phenoxy) is 1. The summed E-state index contributed by atoms with van der Waals surface area (Å²) >= 11 is 0. The van der Waals surface area contributed by atoms with Gasteiger partial charge in [0.05, 0.1) is 5.69 Å². The molecule has 1 aliphatic heterocycles. The topological polar surface area (TPSA) is 47.0 Å². The van der Waals surface area contributed by atoms with Crippen molar-refractivity contribution in [3.63, 3.8) is 0 Å². The molecule has 19 heavy (non-hydrogen) atoms. The molecule has 1 unspecified atom stereocenters. The van der Waals surface area contributed by atoms with Crippen LogP contribution >= 0.6 is 0 Å². The number of aryl methyl sites for hydroxylation is 1. The maximum atomic E-state index is 5.91. The molecule has 0 radical (unpaired) electrons. The molecule has 0 bridgehead atoms. The van der Waals surface area contributed by atoms with E-state index < -0.39 is 0 Å². The van der Waals surface area contributed by atoms with Gasteiger partial charge in [-0.15, -0.1) is 0 Å². The molecule has 0 spiro atoms. The van der Waals surface area contributed by atoms with E-state index in [1.54, 1.807) is 0 Å². The van der Waals surface area contributed by atoms with E-state index in [4.69, 9.17) is 14.7 Å². The lowest BCUT2D eigenvalue weighted by Crippen LogP contribution is -2.24. The molecule has 1 aromatic rings. The van der Waals surface area contributed by atoms with Crippen LogP contribution in [0.2, 0.25) is 0 Å². The van der Waals surface area contributed by atoms with E-state index in [0.717, 1.165) is 31.0 Å². The molecule has 2 heterocycles. The van der Waals surface area contributed by atoms with Gasteiger partial charge in [-0.25, -0.2) is 9.97 Å². The number of rotatable bonds is 4. The van der Waals surface area contributed by atoms with Crippen LogP contribution in [0.5, 0.6) is 0 Å². The highest BCUT2D eigenvalue weighted by Crippen LogP contribution is 2.35. The summed E-state index contributed by atoms with van der Waals surface area (Å²) in [6.07, 6.45) is 0.899. The second-order valence-corrected chi connectivity index (χ2v) is 6.11. The van der Waals surface area contributed by atoms with Crippen molar-refractivity contribution in [1.29, 1.82) is 0 Å². The third kappa shape index (κ3) is 2.95. The fourth-order valence-corrected chi connectivity index (χ4v) is 2.55. The van der Waals surface area contributed by atoms with Crippen molar-refractivity contribution in [2.45, 2.75) is 60.2 Å². The van der Waals surface area contributed by atoms with Gasteiger partial charge in [0.1, 0.15) is 6.10 Å². The van der Waals surface area contributed by atoms with E-state index in [9.17, 15) is 0 Å². The molecule has 106 valence electrons. The van der Waals surface area contributed by atoms with Gasteiger partial charge in [0.25, 0.3) is 0 Å². The van der Waals surface area contributed by atoms with Crippen LogP contribution in [0.1, 0.15) is 63.5 Å². The Morgan fingerprint density at radius 1 is 1.21 bits per heavy atom. The van der Waals surface area contributed by atoms with E-state index in [1.807, 2.05) is 6.92 Å². The normalized spacial score (nSPS) is 16.5. The van der Waals surface area contributed by atoms with Crippen molar-refractivity contribution in [2.75, 3.05) is 6.61 Å². The molecular weight excluding hydrogens is 238 g/mol. The number of fused-ring (bicyclic) bond motifs is 1. The smallest absolute Gasteiger partial charge is 0.158 e. The molecule has 0 saturated heterocycles. The number of nitrogens with zero attached hydrogens (tertiary/aromatic N) is 2. The van der Waals surface area contributed by atoms with Gasteiger partial charge in [-0.3, -0.25) is 0 Å². The van der Waals surface area contributed by atoms with Gasteiger partial charge in [-0.05, 0) is 18.8 Å². The molecule has 0 saturated carbocycles. The Balaban J connectivity index is 2.43. The lowest BCUT2D eigenvalue weighted by atomic mass is 9.88. The molecule has 2 rings (SSSR count). The lowest BCUT2D eigenvalue weighted by molar-refractivity contribution is -0.0193. The molecule has 1 aromatic heterocycles. The summed E-state index contributed by atoms with van der Waals surface area (Å²) in [5.74, 6) is 0.841. The predicted octanol–water partition coefficient (Wildman–Crippen LogP) is 2.77. The van der Waals surface area contributed by atoms with Crippen molar-refractivity contribution >= 4 is 0 Å². The second-order valence-electron chi connectivity index (χ2n) is 6.11. The van der Waals surface area contributed by atoms with Crippen LogP contribution in [-0.4, -0.2) is 16.6 Å². The highest BCUT2D eigenvalue weighted by atomic mass is 16.5. The van der Waals surface area contributed by atoms with E-state index in [0.29, 0.717) is 6.61 Å². The van der Waals surface area contributed by atoms with Gasteiger partial charge in [0.15, 0.2) is 5.82 Å². The number of hydrogen-bond donors (Lipinski definition) is 1. The summed E-state index contributed by atoms with van der Waals surface area (Å²) in [7, 11) is 0. The van der Waals surface area contributed by atoms with Gasteiger partial charge < -0.3 is 10.1 Å². The molecule has 0 aliphatic carbocycles. The van der Waals surface area contributed by atoms with Gasteiger partial charge in [0, 0.05) is 31.0 Å². The third-order valence-electron chi connectivity index (χ3n) is 3.48. The molecule has 0 amide bonds. The molecule has 1 atom stereocenters. The molecular formula is C15H25N3O. The highest BCUT2D eigenvalue weighted by molar-refractivity contribution is 5.30. The van der Waals surface area contributed by atoms with Gasteiger partial charge in [0.2, 0.25) is 0 Å². The van der Waals surface area contributed by atoms with Crippen molar-refractivity contribution < 1.29 is 4.74 Å². The first-order valence-corrected chi connectivity index (χ1v) is 7.18. The van der Waals surface area contributed by atoms with Crippen LogP contribution in [0.3, 0.4) is 0 Å². The fraction of sp³-hybridized carbons (Fsp3) is 0.733. The van der Waals surface area contributed by atoms with Crippen LogP contribution in [0.25, 0.3) is 0 Å². The van der Waals surface area contributed by atoms with Gasteiger partial charge in [-0.1, -0.05) is 27.7 Å². The van der Waals surface area contributed by atoms with E-state index >= 15 is 0 Å². The van der Waals surface area contributed by atoms with Crippen LogP contribution in [-0.2, 0) is 24.2 Å². The Morgan fingerprint density at radius 2 is 1.95 bits per heavy atom. The Hall–Kier alpha value is -1.00. The van der Waals surface area contributed by atoms with Crippen molar-refractivity contribution in [2.24, 2.45) is 5.41 Å². The highest BCUT2D eigenvalue weighted by Gasteiger charge is 2.31. The van der Waals surface area contributed by atoms with Crippen molar-refractivity contribution in [3.8, 4) is 0 Å². The summed E-state index contributed by atoms with van der Waals surface area (Å²) in [5.41, 5.74) is 3.60. The minimum atomic E-state index is -0.0475. The first-order chi connectivity index (χ1) is 8.97. The minimum Gasteiger partial charge on any atom is -0.370 e. The van der Waals surface area contributed by atoms with Crippen LogP contribution in [0.4, 0.5) is 0 Å². The quantitative estimate of drug-likeness (QED) is 0.907. The lowest BCUT2D eigenvalue weighted by Gasteiger charge is -2.29. The first kappa shape index (κ1) is 14.4. The fourth-order valence-electron chi connectivity index (χ4n) is 2.55. The predicted molar refractivity (Wildman–Crippen MR) is 75.8 cm³/mol. The van der Waals surface area contributed by atoms with Gasteiger partial charge in [-0.2, -0.15) is 0 Å². The van der Waals surface area contributed by atoms with E-state index in [2.05, 4.69) is 33.0 Å². The second kappa shape index (κ2) is 5.55. The number of nitrogens with one attached hydrogen (secondary N) is 1. The first-order valence-electron chi connectivity index (χ1n) is 7.18. The zero-order valence-electron chi connectivity index (χ0n) is 12.7. The Kier molecular flexibility index (Phi) is 4.21. The number of hydrogen-bond acceptors (Lipinski definition) is 4. The van der Waals surface area contributed by atoms with Crippen molar-refractivity contribution in [1.82, 2.24) is 15.3 Å². The van der Waals surface area contributed by atoms with Crippen LogP contribution in [0.15, 0.2) is 0 Å². The Morgan fingerprint density at radius 3 is 2.53 bits per heavy atom. The summed E-state index contributed by atoms with van der Waals surface area (Å²) in [6, 6.07) is 0. The largest absolute Gasteiger partial charge is 0.370 e. The maximum absolute atomic E-state index is 5.91. The summed E-state index contributed by atoms with van der Waals surface area (Å²) in [6.45, 7) is 13.1. The molecule has 0 fully saturated rings. The van der Waals surface area contributed by atoms with Gasteiger partial charge >= 0.3 is 0 Å². The average molecular weight is 263 g/mol. The maximum Gasteiger partial charge on any atom is 0.158 e. The molecule has 1 aliphatic rings.